The van der Waals surface area contributed by atoms with Crippen LogP contribution in [-0.4, -0.2) is 61.4 Å². The van der Waals surface area contributed by atoms with Gasteiger partial charge in [-0.3, -0.25) is 0 Å². The smallest absolute Gasteiger partial charge is 0.225 e. The summed E-state index contributed by atoms with van der Waals surface area (Å²) < 4.78 is 0. The summed E-state index contributed by atoms with van der Waals surface area (Å²) in [6, 6.07) is 0. The number of likely N-dealkylation sites (N-methyl/N-ethyl adjacent to an activating group) is 1. The van der Waals surface area contributed by atoms with Gasteiger partial charge in [-0.25, -0.2) is 0 Å². The van der Waals surface area contributed by atoms with Gasteiger partial charge in [0, 0.05) is 33.2 Å². The van der Waals surface area contributed by atoms with Crippen molar-refractivity contribution >= 4 is 47.5 Å². The molecule has 0 unspecified atom stereocenters. The van der Waals surface area contributed by atoms with Gasteiger partial charge in [0.1, 0.15) is 11.0 Å². The minimum atomic E-state index is 0. The van der Waals surface area contributed by atoms with E-state index in [0.717, 1.165) is 36.9 Å². The monoisotopic (exact) mass is 323 g/mol. The van der Waals surface area contributed by atoms with Crippen molar-refractivity contribution in [3.8, 4) is 0 Å². The fraction of sp³-hybridized carbons (Fsp3) is 0.636. The van der Waals surface area contributed by atoms with Crippen LogP contribution in [0.1, 0.15) is 0 Å². The summed E-state index contributed by atoms with van der Waals surface area (Å²) in [6.07, 6.45) is 2.00. The van der Waals surface area contributed by atoms with Gasteiger partial charge < -0.3 is 15.1 Å². The first-order chi connectivity index (χ1) is 8.65. The molecule has 1 N–H and O–H groups in total. The van der Waals surface area contributed by atoms with Crippen LogP contribution in [0.4, 0.5) is 11.8 Å². The zero-order valence-corrected chi connectivity index (χ0v) is 13.7. The summed E-state index contributed by atoms with van der Waals surface area (Å²) in [7, 11) is 3.94. The highest BCUT2D eigenvalue weighted by Gasteiger charge is 2.21. The molecule has 0 bridgehead atoms. The Morgan fingerprint density at radius 3 is 2.37 bits per heavy atom. The number of nitrogens with zero attached hydrogens (tertiary/aromatic N) is 4. The van der Waals surface area contributed by atoms with Gasteiger partial charge in [-0.2, -0.15) is 9.97 Å². The Bertz CT molecular complexity index is 424. The van der Waals surface area contributed by atoms with Crippen LogP contribution in [0.25, 0.3) is 0 Å². The maximum Gasteiger partial charge on any atom is 0.225 e. The number of aromatic nitrogens is 2. The van der Waals surface area contributed by atoms with Gasteiger partial charge in [0.25, 0.3) is 0 Å². The number of anilines is 2. The maximum absolute atomic E-state index is 6.21. The third-order valence-electron chi connectivity index (χ3n) is 3.04. The van der Waals surface area contributed by atoms with Gasteiger partial charge in [-0.1, -0.05) is 11.6 Å². The van der Waals surface area contributed by atoms with Crippen LogP contribution in [-0.2, 0) is 0 Å². The molecule has 0 radical (unpaired) electrons. The Hall–Kier alpha value is -0.430. The van der Waals surface area contributed by atoms with E-state index in [0.29, 0.717) is 11.1 Å². The summed E-state index contributed by atoms with van der Waals surface area (Å²) in [5, 5.41) is 3.48. The van der Waals surface area contributed by atoms with Crippen LogP contribution in [0.5, 0.6) is 0 Å². The molecule has 1 aromatic heterocycles. The minimum absolute atomic E-state index is 0. The lowest BCUT2D eigenvalue weighted by molar-refractivity contribution is 0.311. The van der Waals surface area contributed by atoms with Crippen molar-refractivity contribution in [3.63, 3.8) is 0 Å². The second-order valence-corrected chi connectivity index (χ2v) is 5.41. The molecule has 0 spiro atoms. The predicted octanol–water partition coefficient (Wildman–Crippen LogP) is 2.07. The Labute approximate surface area is 129 Å². The highest BCUT2D eigenvalue weighted by molar-refractivity contribution is 7.98. The molecular weight excluding hydrogens is 305 g/mol. The lowest BCUT2D eigenvalue weighted by Crippen LogP contribution is -2.45. The average molecular weight is 324 g/mol. The Morgan fingerprint density at radius 2 is 1.84 bits per heavy atom. The molecule has 0 atom stereocenters. The number of halogens is 2. The van der Waals surface area contributed by atoms with E-state index >= 15 is 0 Å². The Morgan fingerprint density at radius 1 is 1.21 bits per heavy atom. The Balaban J connectivity index is 0.00000180. The third-order valence-corrected chi connectivity index (χ3v) is 4.21. The van der Waals surface area contributed by atoms with Crippen molar-refractivity contribution in [2.45, 2.75) is 4.90 Å². The topological polar surface area (TPSA) is 44.3 Å². The molecule has 2 rings (SSSR count). The molecule has 1 fully saturated rings. The molecule has 0 saturated carbocycles. The molecule has 0 aromatic carbocycles. The van der Waals surface area contributed by atoms with Gasteiger partial charge in [0.2, 0.25) is 5.95 Å². The number of thioether (sulfide) groups is 1. The van der Waals surface area contributed by atoms with Crippen molar-refractivity contribution in [3.05, 3.63) is 5.15 Å². The van der Waals surface area contributed by atoms with E-state index in [9.17, 15) is 0 Å². The van der Waals surface area contributed by atoms with Crippen LogP contribution in [0, 0.1) is 0 Å². The number of rotatable bonds is 3. The summed E-state index contributed by atoms with van der Waals surface area (Å²) in [5.41, 5.74) is 0. The van der Waals surface area contributed by atoms with E-state index in [1.54, 1.807) is 18.8 Å². The van der Waals surface area contributed by atoms with Gasteiger partial charge in [0.05, 0.1) is 4.90 Å². The first-order valence-electron chi connectivity index (χ1n) is 5.88. The summed E-state index contributed by atoms with van der Waals surface area (Å²) in [6.45, 7) is 4.04. The zero-order valence-electron chi connectivity index (χ0n) is 11.3. The molecular formula is C11H19Cl2N5S. The lowest BCUT2D eigenvalue weighted by Gasteiger charge is -2.34. The molecule has 0 amide bonds. The predicted molar refractivity (Wildman–Crippen MR) is 85.3 cm³/mol. The molecule has 2 heterocycles. The van der Waals surface area contributed by atoms with E-state index < -0.39 is 0 Å². The highest BCUT2D eigenvalue weighted by Crippen LogP contribution is 2.33. The zero-order chi connectivity index (χ0) is 13.1. The van der Waals surface area contributed by atoms with Crippen molar-refractivity contribution in [1.82, 2.24) is 14.9 Å². The number of nitrogens with one attached hydrogen (secondary N) is 1. The maximum atomic E-state index is 6.21. The number of piperazine rings is 1. The van der Waals surface area contributed by atoms with Crippen molar-refractivity contribution in [2.75, 3.05) is 56.7 Å². The van der Waals surface area contributed by atoms with Gasteiger partial charge >= 0.3 is 0 Å². The van der Waals surface area contributed by atoms with Crippen molar-refractivity contribution in [2.24, 2.45) is 0 Å². The fourth-order valence-electron chi connectivity index (χ4n) is 1.93. The Kier molecular flexibility index (Phi) is 6.46. The van der Waals surface area contributed by atoms with Gasteiger partial charge in [-0.15, -0.1) is 24.2 Å². The summed E-state index contributed by atoms with van der Waals surface area (Å²) >= 11 is 7.81. The lowest BCUT2D eigenvalue weighted by atomic mass is 10.3. The van der Waals surface area contributed by atoms with Crippen LogP contribution in [0.15, 0.2) is 4.90 Å². The van der Waals surface area contributed by atoms with Crippen LogP contribution in [0.3, 0.4) is 0 Å². The molecule has 8 heteroatoms. The normalized spacial score (nSPS) is 16.1. The van der Waals surface area contributed by atoms with E-state index in [4.69, 9.17) is 11.6 Å². The molecule has 108 valence electrons. The van der Waals surface area contributed by atoms with Crippen molar-refractivity contribution < 1.29 is 0 Å². The van der Waals surface area contributed by atoms with Crippen LogP contribution < -0.4 is 10.2 Å². The van der Waals surface area contributed by atoms with E-state index in [2.05, 4.69) is 32.1 Å². The molecule has 0 aliphatic carbocycles. The first-order valence-corrected chi connectivity index (χ1v) is 7.48. The minimum Gasteiger partial charge on any atom is -0.357 e. The molecule has 19 heavy (non-hydrogen) atoms. The van der Waals surface area contributed by atoms with Gasteiger partial charge in [0.15, 0.2) is 0 Å². The molecule has 1 aromatic rings. The standard InChI is InChI=1S/C11H18ClN5S.ClH/c1-13-11-14-9(12)8(18-3)10(15-11)17-6-4-16(2)5-7-17;/h4-7H2,1-3H3,(H,13,14,15);1H. The molecule has 5 nitrogen and oxygen atoms in total. The van der Waals surface area contributed by atoms with E-state index in [-0.39, 0.29) is 12.4 Å². The van der Waals surface area contributed by atoms with Gasteiger partial charge in [-0.05, 0) is 13.3 Å². The van der Waals surface area contributed by atoms with E-state index in [1.807, 2.05) is 6.26 Å². The second-order valence-electron chi connectivity index (χ2n) is 4.24. The quantitative estimate of drug-likeness (QED) is 0.678. The number of hydrogen-bond donors (Lipinski definition) is 1. The summed E-state index contributed by atoms with van der Waals surface area (Å²) in [4.78, 5) is 14.3. The largest absolute Gasteiger partial charge is 0.357 e. The number of hydrogen-bond acceptors (Lipinski definition) is 6. The SMILES string of the molecule is CNc1nc(Cl)c(SC)c(N2CCN(C)CC2)n1.Cl. The first kappa shape index (κ1) is 16.6. The second kappa shape index (κ2) is 7.38. The van der Waals surface area contributed by atoms with Crippen LogP contribution in [0.2, 0.25) is 5.15 Å². The van der Waals surface area contributed by atoms with Crippen LogP contribution >= 0.6 is 35.8 Å². The van der Waals surface area contributed by atoms with E-state index in [1.165, 1.54) is 0 Å². The summed E-state index contributed by atoms with van der Waals surface area (Å²) in [5.74, 6) is 1.52. The van der Waals surface area contributed by atoms with Crippen molar-refractivity contribution in [1.29, 1.82) is 0 Å². The molecule has 1 saturated heterocycles. The average Bonchev–Trinajstić information content (AvgIpc) is 2.38. The third kappa shape index (κ3) is 3.78. The molecule has 1 aliphatic heterocycles. The molecule has 1 aliphatic rings. The fourth-order valence-corrected chi connectivity index (χ4v) is 2.90. The highest BCUT2D eigenvalue weighted by atomic mass is 35.5.